The first-order valence-corrected chi connectivity index (χ1v) is 9.71. The van der Waals surface area contributed by atoms with Gasteiger partial charge in [0.15, 0.2) is 0 Å². The van der Waals surface area contributed by atoms with Gasteiger partial charge in [-0.2, -0.15) is 0 Å². The molecule has 0 saturated carbocycles. The molecule has 0 amide bonds. The number of fused-ring (bicyclic) bond motifs is 1. The highest BCUT2D eigenvalue weighted by Gasteiger charge is 2.22. The number of halogens is 1. The number of piperazine rings is 1. The normalized spacial score (nSPS) is 15.5. The number of aromatic nitrogens is 2. The Morgan fingerprint density at radius 1 is 1.00 bits per heavy atom. The van der Waals surface area contributed by atoms with Crippen LogP contribution < -0.4 is 10.5 Å². The van der Waals surface area contributed by atoms with Gasteiger partial charge in [0, 0.05) is 26.2 Å². The van der Waals surface area contributed by atoms with Crippen LogP contribution in [0.4, 0.5) is 10.3 Å². The number of hydrogen-bond acceptors (Lipinski definition) is 4. The van der Waals surface area contributed by atoms with Crippen LogP contribution >= 0.6 is 0 Å². The zero-order chi connectivity index (χ0) is 19.8. The Bertz CT molecular complexity index is 1050. The molecule has 1 aromatic heterocycles. The van der Waals surface area contributed by atoms with Crippen LogP contribution in [0.3, 0.4) is 0 Å². The third kappa shape index (κ3) is 3.29. The van der Waals surface area contributed by atoms with Gasteiger partial charge >= 0.3 is 0 Å². The van der Waals surface area contributed by atoms with Crippen molar-refractivity contribution in [3.63, 3.8) is 0 Å². The Morgan fingerprint density at radius 3 is 2.32 bits per heavy atom. The second-order valence-corrected chi connectivity index (χ2v) is 7.72. The predicted molar refractivity (Wildman–Crippen MR) is 111 cm³/mol. The van der Waals surface area contributed by atoms with Crippen molar-refractivity contribution in [2.75, 3.05) is 38.1 Å². The fourth-order valence-electron chi connectivity index (χ4n) is 3.62. The summed E-state index contributed by atoms with van der Waals surface area (Å²) < 4.78 is 16.0. The van der Waals surface area contributed by atoms with E-state index in [-0.39, 0.29) is 11.1 Å². The summed E-state index contributed by atoms with van der Waals surface area (Å²) in [5.41, 5.74) is 1.85. The molecule has 0 spiro atoms. The monoisotopic (exact) mass is 380 g/mol. The van der Waals surface area contributed by atoms with E-state index in [4.69, 9.17) is 0 Å². The SMILES string of the molecule is CC(C)c1ccc(-n2c(N3CCN(C)CC3)nc3c(F)cccc3c2=O)cc1. The van der Waals surface area contributed by atoms with E-state index in [0.29, 0.717) is 17.3 Å². The van der Waals surface area contributed by atoms with Crippen molar-refractivity contribution in [1.82, 2.24) is 14.5 Å². The molecule has 5 nitrogen and oxygen atoms in total. The first-order valence-electron chi connectivity index (χ1n) is 9.71. The number of benzene rings is 2. The van der Waals surface area contributed by atoms with E-state index in [1.54, 1.807) is 16.7 Å². The van der Waals surface area contributed by atoms with Gasteiger partial charge in [-0.1, -0.05) is 32.0 Å². The van der Waals surface area contributed by atoms with Crippen molar-refractivity contribution >= 4 is 16.9 Å². The van der Waals surface area contributed by atoms with Crippen molar-refractivity contribution in [1.29, 1.82) is 0 Å². The molecule has 0 unspecified atom stereocenters. The van der Waals surface area contributed by atoms with Crippen molar-refractivity contribution in [3.05, 3.63) is 64.2 Å². The van der Waals surface area contributed by atoms with Crippen molar-refractivity contribution in [3.8, 4) is 5.69 Å². The Kier molecular flexibility index (Phi) is 4.89. The van der Waals surface area contributed by atoms with Crippen LogP contribution in [-0.4, -0.2) is 47.7 Å². The zero-order valence-electron chi connectivity index (χ0n) is 16.5. The molecule has 1 aliphatic rings. The summed E-state index contributed by atoms with van der Waals surface area (Å²) in [6.45, 7) is 7.50. The Balaban J connectivity index is 1.93. The molecule has 2 aromatic carbocycles. The number of anilines is 1. The Hall–Kier alpha value is -2.73. The average molecular weight is 380 g/mol. The van der Waals surface area contributed by atoms with E-state index in [2.05, 4.69) is 35.7 Å². The molecule has 0 aliphatic carbocycles. The topological polar surface area (TPSA) is 41.4 Å². The van der Waals surface area contributed by atoms with E-state index in [0.717, 1.165) is 31.9 Å². The number of hydrogen-bond donors (Lipinski definition) is 0. The van der Waals surface area contributed by atoms with Crippen LogP contribution in [0.25, 0.3) is 16.6 Å². The van der Waals surface area contributed by atoms with Gasteiger partial charge in [0.2, 0.25) is 5.95 Å². The molecule has 0 bridgehead atoms. The highest BCUT2D eigenvalue weighted by molar-refractivity contribution is 5.80. The van der Waals surface area contributed by atoms with Crippen LogP contribution in [0.1, 0.15) is 25.3 Å². The maximum Gasteiger partial charge on any atom is 0.267 e. The van der Waals surface area contributed by atoms with Crippen LogP contribution in [0, 0.1) is 5.82 Å². The highest BCUT2D eigenvalue weighted by Crippen LogP contribution is 2.23. The summed E-state index contributed by atoms with van der Waals surface area (Å²) in [4.78, 5) is 22.3. The van der Waals surface area contributed by atoms with Gasteiger partial charge < -0.3 is 9.80 Å². The molecule has 1 saturated heterocycles. The van der Waals surface area contributed by atoms with Gasteiger partial charge in [-0.05, 0) is 42.8 Å². The van der Waals surface area contributed by atoms with Gasteiger partial charge in [0.1, 0.15) is 11.3 Å². The summed E-state index contributed by atoms with van der Waals surface area (Å²) in [5.74, 6) is 0.451. The van der Waals surface area contributed by atoms with E-state index >= 15 is 0 Å². The van der Waals surface area contributed by atoms with E-state index in [1.165, 1.54) is 11.6 Å². The largest absolute Gasteiger partial charge is 0.339 e. The number of rotatable bonds is 3. The molecule has 0 atom stereocenters. The Morgan fingerprint density at radius 2 is 1.68 bits per heavy atom. The lowest BCUT2D eigenvalue weighted by atomic mass is 10.0. The zero-order valence-corrected chi connectivity index (χ0v) is 16.5. The van der Waals surface area contributed by atoms with Crippen molar-refractivity contribution < 1.29 is 4.39 Å². The third-order valence-corrected chi connectivity index (χ3v) is 5.44. The van der Waals surface area contributed by atoms with E-state index in [1.807, 2.05) is 24.3 Å². The molecule has 0 radical (unpaired) electrons. The van der Waals surface area contributed by atoms with Crippen molar-refractivity contribution in [2.24, 2.45) is 0 Å². The molecule has 4 rings (SSSR count). The van der Waals surface area contributed by atoms with Crippen LogP contribution in [-0.2, 0) is 0 Å². The maximum absolute atomic E-state index is 14.4. The van der Waals surface area contributed by atoms with Gasteiger partial charge in [0.25, 0.3) is 5.56 Å². The quantitative estimate of drug-likeness (QED) is 0.698. The maximum atomic E-state index is 14.4. The fourth-order valence-corrected chi connectivity index (χ4v) is 3.62. The number of nitrogens with zero attached hydrogens (tertiary/aromatic N) is 4. The number of para-hydroxylation sites is 1. The van der Waals surface area contributed by atoms with Crippen LogP contribution in [0.15, 0.2) is 47.3 Å². The molecule has 1 fully saturated rings. The molecule has 2 heterocycles. The summed E-state index contributed by atoms with van der Waals surface area (Å²) in [7, 11) is 2.07. The smallest absolute Gasteiger partial charge is 0.267 e. The first kappa shape index (κ1) is 18.6. The second kappa shape index (κ2) is 7.36. The third-order valence-electron chi connectivity index (χ3n) is 5.44. The lowest BCUT2D eigenvalue weighted by molar-refractivity contribution is 0.310. The minimum atomic E-state index is -0.465. The van der Waals surface area contributed by atoms with Crippen LogP contribution in [0.2, 0.25) is 0 Å². The summed E-state index contributed by atoms with van der Waals surface area (Å²) in [6, 6.07) is 12.5. The van der Waals surface area contributed by atoms with Gasteiger partial charge in [-0.15, -0.1) is 0 Å². The molecule has 28 heavy (non-hydrogen) atoms. The number of likely N-dealkylation sites (N-methyl/N-ethyl adjacent to an activating group) is 1. The molecule has 146 valence electrons. The predicted octanol–water partition coefficient (Wildman–Crippen LogP) is 3.40. The fraction of sp³-hybridized carbons (Fsp3) is 0.364. The first-order chi connectivity index (χ1) is 13.5. The second-order valence-electron chi connectivity index (χ2n) is 7.72. The van der Waals surface area contributed by atoms with Gasteiger partial charge in [-0.25, -0.2) is 13.9 Å². The van der Waals surface area contributed by atoms with E-state index < -0.39 is 5.82 Å². The lowest BCUT2D eigenvalue weighted by Crippen LogP contribution is -2.46. The van der Waals surface area contributed by atoms with Crippen molar-refractivity contribution in [2.45, 2.75) is 19.8 Å². The average Bonchev–Trinajstić information content (AvgIpc) is 2.69. The summed E-state index contributed by atoms with van der Waals surface area (Å²) in [5, 5.41) is 0.297. The van der Waals surface area contributed by atoms with Gasteiger partial charge in [-0.3, -0.25) is 4.79 Å². The van der Waals surface area contributed by atoms with Gasteiger partial charge in [0.05, 0.1) is 11.1 Å². The molecular weight excluding hydrogens is 355 g/mol. The lowest BCUT2D eigenvalue weighted by Gasteiger charge is -2.34. The molecular formula is C22H25FN4O. The summed E-state index contributed by atoms with van der Waals surface area (Å²) in [6.07, 6.45) is 0. The molecule has 6 heteroatoms. The molecule has 3 aromatic rings. The minimum Gasteiger partial charge on any atom is -0.339 e. The summed E-state index contributed by atoms with van der Waals surface area (Å²) >= 11 is 0. The highest BCUT2D eigenvalue weighted by atomic mass is 19.1. The standard InChI is InChI=1S/C22H25FN4O/c1-15(2)16-7-9-17(10-8-16)27-21(28)18-5-4-6-19(23)20(18)24-22(27)26-13-11-25(3)12-14-26/h4-10,15H,11-14H2,1-3H3. The molecule has 0 N–H and O–H groups in total. The minimum absolute atomic E-state index is 0.136. The Labute approximate surface area is 164 Å². The molecule has 1 aliphatic heterocycles. The van der Waals surface area contributed by atoms with E-state index in [9.17, 15) is 9.18 Å². The van der Waals surface area contributed by atoms with Crippen LogP contribution in [0.5, 0.6) is 0 Å².